The number of halogens is 4. The molecule has 3 aromatic carbocycles. The molecule has 2 amide bonds. The minimum absolute atomic E-state index is 0.112. The van der Waals surface area contributed by atoms with Crippen molar-refractivity contribution >= 4 is 50.7 Å². The molecule has 7 nitrogen and oxygen atoms in total. The standard InChI is InChI=1S/C28H29Cl2F2N3O4S/c1-18(2)33-28(37)26(13-19-7-5-4-6-8-19)34(16-20-9-10-21(29)14-23(20)30)27(36)17-35(40(3,38)39)22-11-12-24(31)25(32)15-22/h4-12,14-15,18,26H,13,16-17H2,1-3H3,(H,33,37). The lowest BCUT2D eigenvalue weighted by atomic mass is 10.0. The summed E-state index contributed by atoms with van der Waals surface area (Å²) in [4.78, 5) is 28.7. The topological polar surface area (TPSA) is 86.8 Å². The van der Waals surface area contributed by atoms with Crippen molar-refractivity contribution in [2.24, 2.45) is 0 Å². The zero-order valence-corrected chi connectivity index (χ0v) is 24.4. The van der Waals surface area contributed by atoms with E-state index >= 15 is 0 Å². The maximum Gasteiger partial charge on any atom is 0.244 e. The quantitative estimate of drug-likeness (QED) is 0.323. The van der Waals surface area contributed by atoms with Crippen molar-refractivity contribution in [3.05, 3.63) is 99.5 Å². The number of carbonyl (C=O) groups is 2. The molecule has 40 heavy (non-hydrogen) atoms. The van der Waals surface area contributed by atoms with E-state index in [2.05, 4.69) is 5.32 Å². The van der Waals surface area contributed by atoms with Crippen LogP contribution < -0.4 is 9.62 Å². The van der Waals surface area contributed by atoms with Gasteiger partial charge in [-0.25, -0.2) is 17.2 Å². The summed E-state index contributed by atoms with van der Waals surface area (Å²) in [6.07, 6.45) is 0.954. The van der Waals surface area contributed by atoms with Crippen LogP contribution in [0.25, 0.3) is 0 Å². The first-order chi connectivity index (χ1) is 18.8. The Hall–Kier alpha value is -3.21. The van der Waals surface area contributed by atoms with E-state index in [1.807, 2.05) is 6.07 Å². The average Bonchev–Trinajstić information content (AvgIpc) is 2.87. The van der Waals surface area contributed by atoms with E-state index in [4.69, 9.17) is 23.2 Å². The highest BCUT2D eigenvalue weighted by Crippen LogP contribution is 2.26. The van der Waals surface area contributed by atoms with Crippen LogP contribution in [-0.4, -0.2) is 50.0 Å². The summed E-state index contributed by atoms with van der Waals surface area (Å²) in [5.74, 6) is -3.67. The van der Waals surface area contributed by atoms with Crippen LogP contribution in [0, 0.1) is 11.6 Å². The summed E-state index contributed by atoms with van der Waals surface area (Å²) in [5.41, 5.74) is 0.978. The molecule has 12 heteroatoms. The molecule has 0 aliphatic carbocycles. The van der Waals surface area contributed by atoms with Crippen LogP contribution in [0.5, 0.6) is 0 Å². The molecule has 0 fully saturated rings. The molecule has 0 bridgehead atoms. The molecule has 0 heterocycles. The van der Waals surface area contributed by atoms with E-state index in [0.29, 0.717) is 21.0 Å². The van der Waals surface area contributed by atoms with Crippen molar-refractivity contribution in [1.82, 2.24) is 10.2 Å². The number of carbonyl (C=O) groups excluding carboxylic acids is 2. The fourth-order valence-corrected chi connectivity index (χ4v) is 5.33. The summed E-state index contributed by atoms with van der Waals surface area (Å²) >= 11 is 12.5. The van der Waals surface area contributed by atoms with Crippen molar-refractivity contribution in [2.45, 2.75) is 38.9 Å². The van der Waals surface area contributed by atoms with Gasteiger partial charge >= 0.3 is 0 Å². The highest BCUT2D eigenvalue weighted by Gasteiger charge is 2.33. The number of anilines is 1. The highest BCUT2D eigenvalue weighted by atomic mass is 35.5. The molecule has 3 aromatic rings. The largest absolute Gasteiger partial charge is 0.352 e. The Kier molecular flexibility index (Phi) is 10.5. The molecule has 0 aliphatic rings. The molecule has 0 saturated heterocycles. The molecule has 0 aromatic heterocycles. The summed E-state index contributed by atoms with van der Waals surface area (Å²) in [6, 6.07) is 14.9. The molecule has 3 rings (SSSR count). The van der Waals surface area contributed by atoms with Crippen LogP contribution in [0.1, 0.15) is 25.0 Å². The fraction of sp³-hybridized carbons (Fsp3) is 0.286. The Morgan fingerprint density at radius 1 is 0.950 bits per heavy atom. The van der Waals surface area contributed by atoms with Gasteiger partial charge in [0.2, 0.25) is 21.8 Å². The molecule has 0 radical (unpaired) electrons. The molecule has 1 atom stereocenters. The number of hydrogen-bond acceptors (Lipinski definition) is 4. The SMILES string of the molecule is CC(C)NC(=O)C(Cc1ccccc1)N(Cc1ccc(Cl)cc1Cl)C(=O)CN(c1ccc(F)c(F)c1)S(C)(=O)=O. The zero-order valence-electron chi connectivity index (χ0n) is 22.1. The van der Waals surface area contributed by atoms with Gasteiger partial charge in [-0.05, 0) is 49.2 Å². The van der Waals surface area contributed by atoms with E-state index in [-0.39, 0.29) is 29.7 Å². The first kappa shape index (κ1) is 31.3. The van der Waals surface area contributed by atoms with Crippen LogP contribution >= 0.6 is 23.2 Å². The van der Waals surface area contributed by atoms with Gasteiger partial charge in [0.15, 0.2) is 11.6 Å². The Morgan fingerprint density at radius 2 is 1.62 bits per heavy atom. The predicted octanol–water partition coefficient (Wildman–Crippen LogP) is 5.20. The van der Waals surface area contributed by atoms with Crippen molar-refractivity contribution in [2.75, 3.05) is 17.1 Å². The average molecular weight is 613 g/mol. The van der Waals surface area contributed by atoms with Crippen LogP contribution in [0.15, 0.2) is 66.7 Å². The summed E-state index contributed by atoms with van der Waals surface area (Å²) < 4.78 is 53.7. The first-order valence-electron chi connectivity index (χ1n) is 12.3. The lowest BCUT2D eigenvalue weighted by Crippen LogP contribution is -2.54. The van der Waals surface area contributed by atoms with E-state index < -0.39 is 46.1 Å². The van der Waals surface area contributed by atoms with Crippen LogP contribution in [0.3, 0.4) is 0 Å². The first-order valence-corrected chi connectivity index (χ1v) is 14.9. The van der Waals surface area contributed by atoms with Gasteiger partial charge in [0, 0.05) is 35.1 Å². The lowest BCUT2D eigenvalue weighted by Gasteiger charge is -2.34. The second kappa shape index (κ2) is 13.4. The summed E-state index contributed by atoms with van der Waals surface area (Å²) in [7, 11) is -4.13. The number of rotatable bonds is 11. The van der Waals surface area contributed by atoms with Gasteiger partial charge in [-0.1, -0.05) is 59.6 Å². The minimum atomic E-state index is -4.13. The number of amides is 2. The van der Waals surface area contributed by atoms with Crippen molar-refractivity contribution in [3.63, 3.8) is 0 Å². The minimum Gasteiger partial charge on any atom is -0.352 e. The third-order valence-corrected chi connectivity index (χ3v) is 7.66. The number of hydrogen-bond donors (Lipinski definition) is 1. The number of sulfonamides is 1. The molecule has 1 N–H and O–H groups in total. The van der Waals surface area contributed by atoms with Crippen LogP contribution in [0.4, 0.5) is 14.5 Å². The van der Waals surface area contributed by atoms with E-state index in [1.54, 1.807) is 50.2 Å². The summed E-state index contributed by atoms with van der Waals surface area (Å²) in [5, 5.41) is 3.44. The Bertz CT molecular complexity index is 1470. The smallest absolute Gasteiger partial charge is 0.244 e. The zero-order chi connectivity index (χ0) is 29.6. The van der Waals surface area contributed by atoms with Gasteiger partial charge < -0.3 is 10.2 Å². The molecule has 0 spiro atoms. The van der Waals surface area contributed by atoms with E-state index in [9.17, 15) is 26.8 Å². The predicted molar refractivity (Wildman–Crippen MR) is 153 cm³/mol. The molecular formula is C28H29Cl2F2N3O4S. The number of benzene rings is 3. The Labute approximate surface area is 242 Å². The maximum atomic E-state index is 14.0. The highest BCUT2D eigenvalue weighted by molar-refractivity contribution is 7.92. The van der Waals surface area contributed by atoms with Gasteiger partial charge in [0.05, 0.1) is 11.9 Å². The maximum absolute atomic E-state index is 14.0. The second-order valence-corrected chi connectivity index (χ2v) is 12.2. The van der Waals surface area contributed by atoms with E-state index in [0.717, 1.165) is 24.0 Å². The number of nitrogens with one attached hydrogen (secondary N) is 1. The van der Waals surface area contributed by atoms with Gasteiger partial charge in [-0.15, -0.1) is 0 Å². The van der Waals surface area contributed by atoms with E-state index in [1.165, 1.54) is 11.0 Å². The molecule has 1 unspecified atom stereocenters. The molecular weight excluding hydrogens is 583 g/mol. The van der Waals surface area contributed by atoms with Crippen molar-refractivity contribution in [1.29, 1.82) is 0 Å². The van der Waals surface area contributed by atoms with Crippen molar-refractivity contribution < 1.29 is 26.8 Å². The summed E-state index contributed by atoms with van der Waals surface area (Å²) in [6.45, 7) is 2.60. The molecule has 0 saturated carbocycles. The Morgan fingerprint density at radius 3 is 2.20 bits per heavy atom. The third-order valence-electron chi connectivity index (χ3n) is 5.93. The van der Waals surface area contributed by atoms with Gasteiger partial charge in [0.1, 0.15) is 12.6 Å². The van der Waals surface area contributed by atoms with Gasteiger partial charge in [-0.2, -0.15) is 0 Å². The molecule has 0 aliphatic heterocycles. The normalized spacial score (nSPS) is 12.2. The third kappa shape index (κ3) is 8.39. The fourth-order valence-electron chi connectivity index (χ4n) is 4.02. The van der Waals surface area contributed by atoms with Crippen molar-refractivity contribution in [3.8, 4) is 0 Å². The second-order valence-electron chi connectivity index (χ2n) is 9.49. The van der Waals surface area contributed by atoms with Gasteiger partial charge in [0.25, 0.3) is 0 Å². The monoisotopic (exact) mass is 611 g/mol. The molecule has 214 valence electrons. The lowest BCUT2D eigenvalue weighted by molar-refractivity contribution is -0.140. The van der Waals surface area contributed by atoms with Gasteiger partial charge in [-0.3, -0.25) is 13.9 Å². The van der Waals surface area contributed by atoms with Crippen LogP contribution in [-0.2, 0) is 32.6 Å². The number of nitrogens with zero attached hydrogens (tertiary/aromatic N) is 2. The van der Waals surface area contributed by atoms with Crippen LogP contribution in [0.2, 0.25) is 10.0 Å². The Balaban J connectivity index is 2.09.